The minimum atomic E-state index is -0.201. The Balaban J connectivity index is 2.10. The SMILES string of the molecule is CC1(C)CCN(Cc2ccc(F)c(Br)c2)CC(C)(C)N1. The molecule has 2 nitrogen and oxygen atoms in total. The monoisotopic (exact) mass is 342 g/mol. The Labute approximate surface area is 129 Å². The molecule has 0 bridgehead atoms. The highest BCUT2D eigenvalue weighted by atomic mass is 79.9. The molecule has 0 unspecified atom stereocenters. The normalized spacial score (nSPS) is 22.5. The summed E-state index contributed by atoms with van der Waals surface area (Å²) in [6.07, 6.45) is 1.11. The molecule has 0 amide bonds. The molecule has 0 spiro atoms. The quantitative estimate of drug-likeness (QED) is 0.875. The summed E-state index contributed by atoms with van der Waals surface area (Å²) in [5.41, 5.74) is 1.38. The lowest BCUT2D eigenvalue weighted by Gasteiger charge is -2.35. The molecule has 1 aliphatic rings. The van der Waals surface area contributed by atoms with Crippen molar-refractivity contribution in [3.63, 3.8) is 0 Å². The second-order valence-electron chi connectivity index (χ2n) is 7.10. The second-order valence-corrected chi connectivity index (χ2v) is 7.96. The fraction of sp³-hybridized carbons (Fsp3) is 0.625. The molecule has 112 valence electrons. The van der Waals surface area contributed by atoms with E-state index in [-0.39, 0.29) is 16.9 Å². The van der Waals surface area contributed by atoms with Crippen LogP contribution in [0.3, 0.4) is 0 Å². The number of nitrogens with zero attached hydrogens (tertiary/aromatic N) is 1. The molecule has 1 aliphatic heterocycles. The van der Waals surface area contributed by atoms with Gasteiger partial charge < -0.3 is 5.32 Å². The van der Waals surface area contributed by atoms with Crippen LogP contribution in [0.2, 0.25) is 0 Å². The van der Waals surface area contributed by atoms with Crippen LogP contribution in [0.4, 0.5) is 4.39 Å². The molecular formula is C16H24BrFN2. The van der Waals surface area contributed by atoms with E-state index in [9.17, 15) is 4.39 Å². The fourth-order valence-corrected chi connectivity index (χ4v) is 3.55. The molecule has 1 aromatic rings. The summed E-state index contributed by atoms with van der Waals surface area (Å²) in [5.74, 6) is -0.201. The maximum Gasteiger partial charge on any atom is 0.137 e. The average Bonchev–Trinajstić information content (AvgIpc) is 2.39. The summed E-state index contributed by atoms with van der Waals surface area (Å²) in [7, 11) is 0. The highest BCUT2D eigenvalue weighted by molar-refractivity contribution is 9.10. The molecule has 0 aromatic heterocycles. The average molecular weight is 343 g/mol. The van der Waals surface area contributed by atoms with Crippen molar-refractivity contribution in [3.8, 4) is 0 Å². The summed E-state index contributed by atoms with van der Waals surface area (Å²) in [6.45, 7) is 11.9. The van der Waals surface area contributed by atoms with E-state index < -0.39 is 0 Å². The van der Waals surface area contributed by atoms with Crippen LogP contribution >= 0.6 is 15.9 Å². The van der Waals surface area contributed by atoms with Gasteiger partial charge in [-0.3, -0.25) is 4.90 Å². The van der Waals surface area contributed by atoms with Gasteiger partial charge >= 0.3 is 0 Å². The van der Waals surface area contributed by atoms with E-state index in [1.807, 2.05) is 12.1 Å². The van der Waals surface area contributed by atoms with Gasteiger partial charge in [0.15, 0.2) is 0 Å². The third-order valence-electron chi connectivity index (χ3n) is 3.74. The van der Waals surface area contributed by atoms with Crippen molar-refractivity contribution in [1.82, 2.24) is 10.2 Å². The van der Waals surface area contributed by atoms with E-state index in [1.54, 1.807) is 0 Å². The van der Waals surface area contributed by atoms with Crippen molar-refractivity contribution < 1.29 is 4.39 Å². The van der Waals surface area contributed by atoms with Crippen molar-refractivity contribution in [3.05, 3.63) is 34.1 Å². The number of hydrogen-bond donors (Lipinski definition) is 1. The van der Waals surface area contributed by atoms with Crippen molar-refractivity contribution in [2.75, 3.05) is 13.1 Å². The van der Waals surface area contributed by atoms with E-state index >= 15 is 0 Å². The first-order chi connectivity index (χ1) is 9.17. The molecule has 0 radical (unpaired) electrons. The van der Waals surface area contributed by atoms with Crippen LogP contribution in [-0.4, -0.2) is 29.1 Å². The summed E-state index contributed by atoms with van der Waals surface area (Å²) >= 11 is 3.26. The Morgan fingerprint density at radius 2 is 1.95 bits per heavy atom. The molecule has 0 atom stereocenters. The van der Waals surface area contributed by atoms with Crippen LogP contribution in [0.5, 0.6) is 0 Å². The summed E-state index contributed by atoms with van der Waals surface area (Å²) in [5, 5.41) is 3.72. The van der Waals surface area contributed by atoms with Gasteiger partial charge in [0, 0.05) is 30.7 Å². The predicted molar refractivity (Wildman–Crippen MR) is 85.3 cm³/mol. The van der Waals surface area contributed by atoms with Gasteiger partial charge in [0.25, 0.3) is 0 Å². The zero-order valence-electron chi connectivity index (χ0n) is 12.8. The van der Waals surface area contributed by atoms with Gasteiger partial charge in [0.2, 0.25) is 0 Å². The minimum Gasteiger partial charge on any atom is -0.306 e. The number of benzene rings is 1. The minimum absolute atomic E-state index is 0.0806. The van der Waals surface area contributed by atoms with Gasteiger partial charge in [-0.05, 0) is 67.7 Å². The molecule has 2 rings (SSSR count). The Morgan fingerprint density at radius 3 is 2.60 bits per heavy atom. The molecule has 0 saturated carbocycles. The topological polar surface area (TPSA) is 15.3 Å². The van der Waals surface area contributed by atoms with Gasteiger partial charge in [-0.25, -0.2) is 4.39 Å². The third kappa shape index (κ3) is 4.27. The molecule has 1 heterocycles. The zero-order valence-corrected chi connectivity index (χ0v) is 14.3. The molecule has 1 aromatic carbocycles. The molecule has 1 N–H and O–H groups in total. The Bertz CT molecular complexity index is 485. The second kappa shape index (κ2) is 5.74. The lowest BCUT2D eigenvalue weighted by Crippen LogP contribution is -2.53. The number of nitrogens with one attached hydrogen (secondary N) is 1. The molecule has 4 heteroatoms. The first-order valence-electron chi connectivity index (χ1n) is 7.13. The number of rotatable bonds is 2. The Morgan fingerprint density at radius 1 is 1.25 bits per heavy atom. The lowest BCUT2D eigenvalue weighted by molar-refractivity contribution is 0.218. The highest BCUT2D eigenvalue weighted by Crippen LogP contribution is 2.23. The van der Waals surface area contributed by atoms with E-state index in [0.717, 1.165) is 31.6 Å². The highest BCUT2D eigenvalue weighted by Gasteiger charge is 2.33. The van der Waals surface area contributed by atoms with Crippen LogP contribution < -0.4 is 5.32 Å². The van der Waals surface area contributed by atoms with Crippen molar-refractivity contribution in [2.45, 2.75) is 51.7 Å². The summed E-state index contributed by atoms with van der Waals surface area (Å²) in [6, 6.07) is 5.28. The maximum absolute atomic E-state index is 13.3. The van der Waals surface area contributed by atoms with Crippen LogP contribution in [0.15, 0.2) is 22.7 Å². The molecular weight excluding hydrogens is 319 g/mol. The molecule has 1 saturated heterocycles. The summed E-state index contributed by atoms with van der Waals surface area (Å²) < 4.78 is 13.8. The zero-order chi connectivity index (χ0) is 15.0. The Hall–Kier alpha value is -0.450. The van der Waals surface area contributed by atoms with Crippen LogP contribution in [-0.2, 0) is 6.54 Å². The van der Waals surface area contributed by atoms with Crippen LogP contribution in [0.25, 0.3) is 0 Å². The van der Waals surface area contributed by atoms with E-state index in [4.69, 9.17) is 0 Å². The smallest absolute Gasteiger partial charge is 0.137 e. The van der Waals surface area contributed by atoms with Gasteiger partial charge in [-0.2, -0.15) is 0 Å². The van der Waals surface area contributed by atoms with Crippen LogP contribution in [0.1, 0.15) is 39.7 Å². The molecule has 1 fully saturated rings. The van der Waals surface area contributed by atoms with Gasteiger partial charge in [0.05, 0.1) is 4.47 Å². The lowest BCUT2D eigenvalue weighted by atomic mass is 9.96. The van der Waals surface area contributed by atoms with E-state index in [1.165, 1.54) is 6.07 Å². The van der Waals surface area contributed by atoms with Crippen molar-refractivity contribution >= 4 is 15.9 Å². The van der Waals surface area contributed by atoms with Crippen LogP contribution in [0, 0.1) is 5.82 Å². The molecule has 0 aliphatic carbocycles. The van der Waals surface area contributed by atoms with Gasteiger partial charge in [-0.1, -0.05) is 6.07 Å². The Kier molecular flexibility index (Phi) is 4.57. The van der Waals surface area contributed by atoms with Gasteiger partial charge in [-0.15, -0.1) is 0 Å². The van der Waals surface area contributed by atoms with E-state index in [2.05, 4.69) is 53.8 Å². The van der Waals surface area contributed by atoms with Gasteiger partial charge in [0.1, 0.15) is 5.82 Å². The number of halogens is 2. The van der Waals surface area contributed by atoms with E-state index in [0.29, 0.717) is 4.47 Å². The first-order valence-corrected chi connectivity index (χ1v) is 7.92. The fourth-order valence-electron chi connectivity index (χ4n) is 3.12. The molecule has 20 heavy (non-hydrogen) atoms. The predicted octanol–water partition coefficient (Wildman–Crippen LogP) is 3.94. The third-order valence-corrected chi connectivity index (χ3v) is 4.35. The van der Waals surface area contributed by atoms with Crippen molar-refractivity contribution in [2.24, 2.45) is 0 Å². The number of hydrogen-bond acceptors (Lipinski definition) is 2. The standard InChI is InChI=1S/C16H24BrFN2/c1-15(2)7-8-20(11-16(3,4)19-15)10-12-5-6-14(18)13(17)9-12/h5-6,9,19H,7-8,10-11H2,1-4H3. The summed E-state index contributed by atoms with van der Waals surface area (Å²) in [4.78, 5) is 2.45. The maximum atomic E-state index is 13.3. The first kappa shape index (κ1) is 15.9. The van der Waals surface area contributed by atoms with Crippen molar-refractivity contribution in [1.29, 1.82) is 0 Å². The largest absolute Gasteiger partial charge is 0.306 e.